The highest BCUT2D eigenvalue weighted by atomic mass is 19.1. The number of carbonyl (C=O) groups is 1. The molecule has 2 atom stereocenters. The molecule has 2 aliphatic rings. The standard InChI is InChI=1S/C25H25FN6O/c1-17(18-6-3-2-4-7-18)28-24-27-13-12-22(30-24)31-14-5-15-32-23(33)16-21(29-25(31)32)19-8-10-20(26)11-9-19/h2-4,6-13,16-17,25,29H,5,14-15H2,1H3,(H,27,28,30). The summed E-state index contributed by atoms with van der Waals surface area (Å²) in [5.41, 5.74) is 2.57. The molecule has 1 aromatic heterocycles. The van der Waals surface area contributed by atoms with Gasteiger partial charge < -0.3 is 20.4 Å². The third-order valence-corrected chi connectivity index (χ3v) is 5.96. The van der Waals surface area contributed by atoms with Gasteiger partial charge in [-0.15, -0.1) is 0 Å². The maximum atomic E-state index is 13.4. The Kier molecular flexibility index (Phi) is 5.64. The topological polar surface area (TPSA) is 73.4 Å². The lowest BCUT2D eigenvalue weighted by Gasteiger charge is -2.46. The fraction of sp³-hybridized carbons (Fsp3) is 0.240. The van der Waals surface area contributed by atoms with Crippen LogP contribution < -0.4 is 15.5 Å². The molecule has 5 rings (SSSR count). The van der Waals surface area contributed by atoms with Crippen molar-refractivity contribution in [1.82, 2.24) is 20.2 Å². The van der Waals surface area contributed by atoms with Crippen molar-refractivity contribution in [1.29, 1.82) is 0 Å². The molecule has 1 amide bonds. The molecule has 2 unspecified atom stereocenters. The van der Waals surface area contributed by atoms with E-state index in [4.69, 9.17) is 4.98 Å². The second-order valence-electron chi connectivity index (χ2n) is 8.18. The molecule has 0 bridgehead atoms. The van der Waals surface area contributed by atoms with Gasteiger partial charge in [0.15, 0.2) is 6.29 Å². The number of amides is 1. The number of halogens is 1. The molecule has 7 nitrogen and oxygen atoms in total. The van der Waals surface area contributed by atoms with E-state index in [1.165, 1.54) is 12.1 Å². The van der Waals surface area contributed by atoms with Crippen molar-refractivity contribution in [2.24, 2.45) is 0 Å². The number of carbonyl (C=O) groups excluding carboxylic acids is 1. The Morgan fingerprint density at radius 1 is 1.06 bits per heavy atom. The molecule has 33 heavy (non-hydrogen) atoms. The zero-order valence-electron chi connectivity index (χ0n) is 18.3. The third kappa shape index (κ3) is 4.37. The zero-order chi connectivity index (χ0) is 22.8. The molecular formula is C25H25FN6O. The van der Waals surface area contributed by atoms with Gasteiger partial charge in [-0.25, -0.2) is 9.37 Å². The van der Waals surface area contributed by atoms with Crippen LogP contribution >= 0.6 is 0 Å². The van der Waals surface area contributed by atoms with Crippen molar-refractivity contribution in [3.05, 3.63) is 89.9 Å². The molecule has 3 heterocycles. The molecule has 3 aromatic rings. The van der Waals surface area contributed by atoms with Gasteiger partial charge in [-0.2, -0.15) is 4.98 Å². The van der Waals surface area contributed by atoms with Crippen LogP contribution in [0.2, 0.25) is 0 Å². The van der Waals surface area contributed by atoms with E-state index in [1.54, 1.807) is 29.3 Å². The number of aromatic nitrogens is 2. The van der Waals surface area contributed by atoms with Crippen LogP contribution in [0, 0.1) is 5.82 Å². The maximum absolute atomic E-state index is 13.4. The molecule has 168 valence electrons. The van der Waals surface area contributed by atoms with E-state index in [1.807, 2.05) is 24.3 Å². The van der Waals surface area contributed by atoms with Crippen LogP contribution in [0.3, 0.4) is 0 Å². The minimum absolute atomic E-state index is 0.0432. The minimum atomic E-state index is -0.384. The largest absolute Gasteiger partial charge is 0.348 e. The number of hydrogen-bond acceptors (Lipinski definition) is 6. The van der Waals surface area contributed by atoms with Crippen molar-refractivity contribution in [3.8, 4) is 0 Å². The number of anilines is 2. The zero-order valence-corrected chi connectivity index (χ0v) is 18.3. The molecule has 2 aromatic carbocycles. The van der Waals surface area contributed by atoms with Crippen molar-refractivity contribution < 1.29 is 9.18 Å². The summed E-state index contributed by atoms with van der Waals surface area (Å²) in [6, 6.07) is 18.1. The molecule has 0 spiro atoms. The lowest BCUT2D eigenvalue weighted by molar-refractivity contribution is -0.130. The van der Waals surface area contributed by atoms with E-state index in [0.717, 1.165) is 29.9 Å². The summed E-state index contributed by atoms with van der Waals surface area (Å²) < 4.78 is 13.4. The highest BCUT2D eigenvalue weighted by molar-refractivity contribution is 5.97. The molecule has 2 aliphatic heterocycles. The lowest BCUT2D eigenvalue weighted by atomic mass is 10.1. The number of nitrogens with one attached hydrogen (secondary N) is 2. The Bertz CT molecular complexity index is 1170. The summed E-state index contributed by atoms with van der Waals surface area (Å²) in [7, 11) is 0. The highest BCUT2D eigenvalue weighted by Gasteiger charge is 2.36. The fourth-order valence-corrected chi connectivity index (χ4v) is 4.23. The monoisotopic (exact) mass is 444 g/mol. The smallest absolute Gasteiger partial charge is 0.251 e. The Morgan fingerprint density at radius 3 is 2.61 bits per heavy atom. The van der Waals surface area contributed by atoms with E-state index in [0.29, 0.717) is 18.2 Å². The summed E-state index contributed by atoms with van der Waals surface area (Å²) in [5.74, 6) is 0.863. The van der Waals surface area contributed by atoms with E-state index in [9.17, 15) is 9.18 Å². The lowest BCUT2D eigenvalue weighted by Crippen LogP contribution is -2.64. The van der Waals surface area contributed by atoms with Gasteiger partial charge in [-0.3, -0.25) is 4.79 Å². The average molecular weight is 445 g/mol. The maximum Gasteiger partial charge on any atom is 0.251 e. The second kappa shape index (κ2) is 8.90. The molecular weight excluding hydrogens is 419 g/mol. The first kappa shape index (κ1) is 20.9. The first-order chi connectivity index (χ1) is 16.1. The first-order valence-corrected chi connectivity index (χ1v) is 11.0. The molecule has 8 heteroatoms. The van der Waals surface area contributed by atoms with Crippen molar-refractivity contribution in [2.75, 3.05) is 23.3 Å². The summed E-state index contributed by atoms with van der Waals surface area (Å²) in [6.45, 7) is 3.46. The number of nitrogens with zero attached hydrogens (tertiary/aromatic N) is 4. The van der Waals surface area contributed by atoms with Crippen LogP contribution in [0.4, 0.5) is 16.2 Å². The van der Waals surface area contributed by atoms with Crippen LogP contribution in [0.15, 0.2) is 72.9 Å². The Balaban J connectivity index is 1.39. The Hall–Kier alpha value is -3.94. The van der Waals surface area contributed by atoms with Gasteiger partial charge in [0, 0.05) is 31.1 Å². The first-order valence-electron chi connectivity index (χ1n) is 11.0. The predicted octanol–water partition coefficient (Wildman–Crippen LogP) is 3.76. The van der Waals surface area contributed by atoms with Crippen LogP contribution in [0.25, 0.3) is 5.70 Å². The SMILES string of the molecule is CC(Nc1nccc(N2CCCN3C(=O)C=C(c4ccc(F)cc4)NC32)n1)c1ccccc1. The highest BCUT2D eigenvalue weighted by Crippen LogP contribution is 2.27. The van der Waals surface area contributed by atoms with Crippen molar-refractivity contribution >= 4 is 23.4 Å². The summed E-state index contributed by atoms with van der Waals surface area (Å²) in [5, 5.41) is 6.81. The van der Waals surface area contributed by atoms with Gasteiger partial charge >= 0.3 is 0 Å². The third-order valence-electron chi connectivity index (χ3n) is 5.96. The Labute approximate surface area is 192 Å². The number of rotatable bonds is 5. The Morgan fingerprint density at radius 2 is 1.82 bits per heavy atom. The quantitative estimate of drug-likeness (QED) is 0.624. The minimum Gasteiger partial charge on any atom is -0.348 e. The molecule has 1 saturated heterocycles. The molecule has 0 radical (unpaired) electrons. The number of hydrogen-bond donors (Lipinski definition) is 2. The summed E-state index contributed by atoms with van der Waals surface area (Å²) in [6.07, 6.45) is 3.74. The van der Waals surface area contributed by atoms with E-state index in [-0.39, 0.29) is 24.1 Å². The van der Waals surface area contributed by atoms with Crippen LogP contribution in [-0.2, 0) is 4.79 Å². The number of benzene rings is 2. The van der Waals surface area contributed by atoms with Crippen LogP contribution in [-0.4, -0.2) is 40.2 Å². The number of fused-ring (bicyclic) bond motifs is 1. The van der Waals surface area contributed by atoms with Gasteiger partial charge in [0.2, 0.25) is 5.95 Å². The van der Waals surface area contributed by atoms with Gasteiger partial charge in [0.1, 0.15) is 11.6 Å². The summed E-state index contributed by atoms with van der Waals surface area (Å²) >= 11 is 0. The normalized spacial score (nSPS) is 18.8. The van der Waals surface area contributed by atoms with Crippen molar-refractivity contribution in [2.45, 2.75) is 25.7 Å². The van der Waals surface area contributed by atoms with Crippen LogP contribution in [0.5, 0.6) is 0 Å². The van der Waals surface area contributed by atoms with Gasteiger partial charge in [0.05, 0.1) is 6.04 Å². The molecule has 0 aliphatic carbocycles. The molecule has 1 fully saturated rings. The molecule has 0 saturated carbocycles. The van der Waals surface area contributed by atoms with Gasteiger partial charge in [0.25, 0.3) is 5.91 Å². The predicted molar refractivity (Wildman–Crippen MR) is 125 cm³/mol. The van der Waals surface area contributed by atoms with Gasteiger partial charge in [-0.1, -0.05) is 30.3 Å². The van der Waals surface area contributed by atoms with E-state index >= 15 is 0 Å². The second-order valence-corrected chi connectivity index (χ2v) is 8.18. The van der Waals surface area contributed by atoms with Gasteiger partial charge in [-0.05, 0) is 54.8 Å². The summed E-state index contributed by atoms with van der Waals surface area (Å²) in [4.78, 5) is 25.9. The van der Waals surface area contributed by atoms with Crippen LogP contribution in [0.1, 0.15) is 30.5 Å². The van der Waals surface area contributed by atoms with E-state index < -0.39 is 0 Å². The average Bonchev–Trinajstić information content (AvgIpc) is 2.85. The van der Waals surface area contributed by atoms with E-state index in [2.05, 4.69) is 39.6 Å². The van der Waals surface area contributed by atoms with Crippen molar-refractivity contribution in [3.63, 3.8) is 0 Å². The fourth-order valence-electron chi connectivity index (χ4n) is 4.23. The molecule has 2 N–H and O–H groups in total.